The second-order valence-electron chi connectivity index (χ2n) is 5.24. The number of imidazole rings is 1. The zero-order valence-corrected chi connectivity index (χ0v) is 11.2. The van der Waals surface area contributed by atoms with E-state index in [2.05, 4.69) is 29.1 Å². The lowest BCUT2D eigenvalue weighted by atomic mass is 10.0. The van der Waals surface area contributed by atoms with Gasteiger partial charge in [-0.3, -0.25) is 0 Å². The molecule has 19 heavy (non-hydrogen) atoms. The minimum Gasteiger partial charge on any atom is -0.377 e. The van der Waals surface area contributed by atoms with Crippen LogP contribution < -0.4 is 11.0 Å². The third-order valence-electron chi connectivity index (χ3n) is 3.88. The Morgan fingerprint density at radius 2 is 2.16 bits per heavy atom. The Morgan fingerprint density at radius 3 is 2.89 bits per heavy atom. The van der Waals surface area contributed by atoms with Gasteiger partial charge in [0.05, 0.1) is 17.1 Å². The van der Waals surface area contributed by atoms with E-state index in [1.165, 1.54) is 5.56 Å². The van der Waals surface area contributed by atoms with Gasteiger partial charge < -0.3 is 20.0 Å². The first kappa shape index (κ1) is 12.4. The highest BCUT2D eigenvalue weighted by Crippen LogP contribution is 2.21. The minimum absolute atomic E-state index is 0.162. The number of benzene rings is 1. The van der Waals surface area contributed by atoms with Gasteiger partial charge in [0.2, 0.25) is 0 Å². The van der Waals surface area contributed by atoms with Crippen LogP contribution in [0.5, 0.6) is 0 Å². The van der Waals surface area contributed by atoms with E-state index in [-0.39, 0.29) is 17.8 Å². The van der Waals surface area contributed by atoms with Gasteiger partial charge in [0.1, 0.15) is 0 Å². The van der Waals surface area contributed by atoms with Crippen molar-refractivity contribution >= 4 is 11.0 Å². The Labute approximate surface area is 111 Å². The number of fused-ring (bicyclic) bond motifs is 1. The first-order valence-corrected chi connectivity index (χ1v) is 6.73. The lowest BCUT2D eigenvalue weighted by Gasteiger charge is -2.22. The highest BCUT2D eigenvalue weighted by atomic mass is 16.5. The number of H-pyrrole nitrogens is 2. The molecule has 0 bridgehead atoms. The summed E-state index contributed by atoms with van der Waals surface area (Å²) >= 11 is 0. The van der Waals surface area contributed by atoms with Gasteiger partial charge >= 0.3 is 5.69 Å². The Morgan fingerprint density at radius 1 is 1.37 bits per heavy atom. The molecular weight excluding hydrogens is 242 g/mol. The van der Waals surface area contributed by atoms with Crippen molar-refractivity contribution in [1.29, 1.82) is 0 Å². The van der Waals surface area contributed by atoms with Crippen molar-refractivity contribution in [2.24, 2.45) is 0 Å². The fourth-order valence-electron chi connectivity index (χ4n) is 2.69. The van der Waals surface area contributed by atoms with Crippen LogP contribution in [0.1, 0.15) is 31.9 Å². The van der Waals surface area contributed by atoms with E-state index < -0.39 is 0 Å². The van der Waals surface area contributed by atoms with Gasteiger partial charge in [0, 0.05) is 18.7 Å². The molecule has 5 heteroatoms. The quantitative estimate of drug-likeness (QED) is 0.787. The van der Waals surface area contributed by atoms with Gasteiger partial charge in [0.15, 0.2) is 0 Å². The van der Waals surface area contributed by atoms with Gasteiger partial charge in [-0.2, -0.15) is 0 Å². The summed E-state index contributed by atoms with van der Waals surface area (Å²) in [5, 5.41) is 3.59. The van der Waals surface area contributed by atoms with Gasteiger partial charge in [0.25, 0.3) is 0 Å². The Hall–Kier alpha value is -1.59. The molecule has 3 rings (SSSR count). The second-order valence-corrected chi connectivity index (χ2v) is 5.24. The molecular formula is C14H19N3O2. The number of aromatic amines is 2. The van der Waals surface area contributed by atoms with Gasteiger partial charge in [-0.15, -0.1) is 0 Å². The van der Waals surface area contributed by atoms with E-state index in [1.807, 2.05) is 18.2 Å². The highest BCUT2D eigenvalue weighted by Gasteiger charge is 2.25. The minimum atomic E-state index is -0.162. The first-order valence-electron chi connectivity index (χ1n) is 6.73. The molecule has 1 fully saturated rings. The van der Waals surface area contributed by atoms with E-state index in [1.54, 1.807) is 0 Å². The van der Waals surface area contributed by atoms with Crippen molar-refractivity contribution < 1.29 is 4.74 Å². The lowest BCUT2D eigenvalue weighted by Crippen LogP contribution is -2.36. The van der Waals surface area contributed by atoms with Crippen LogP contribution in [0.2, 0.25) is 0 Å². The number of aromatic nitrogens is 2. The molecule has 3 N–H and O–H groups in total. The normalized spacial score (nSPS) is 24.9. The van der Waals surface area contributed by atoms with Crippen LogP contribution in [0.15, 0.2) is 23.0 Å². The molecule has 3 atom stereocenters. The Kier molecular flexibility index (Phi) is 3.16. The van der Waals surface area contributed by atoms with Crippen LogP contribution in [0, 0.1) is 0 Å². The third kappa shape index (κ3) is 2.43. The molecule has 0 saturated carbocycles. The van der Waals surface area contributed by atoms with E-state index in [0.29, 0.717) is 6.04 Å². The smallest absolute Gasteiger partial charge is 0.323 e. The van der Waals surface area contributed by atoms with Gasteiger partial charge in [-0.1, -0.05) is 6.07 Å². The summed E-state index contributed by atoms with van der Waals surface area (Å²) in [6, 6.07) is 6.64. The molecule has 1 aromatic heterocycles. The molecule has 0 aliphatic carbocycles. The molecule has 2 aromatic rings. The van der Waals surface area contributed by atoms with E-state index in [4.69, 9.17) is 4.74 Å². The summed E-state index contributed by atoms with van der Waals surface area (Å²) in [6.07, 6.45) is 1.31. The molecule has 0 amide bonds. The van der Waals surface area contributed by atoms with Crippen LogP contribution in [-0.4, -0.2) is 28.7 Å². The number of hydrogen-bond acceptors (Lipinski definition) is 3. The van der Waals surface area contributed by atoms with Crippen LogP contribution in [0.3, 0.4) is 0 Å². The molecule has 1 aliphatic heterocycles. The fourth-order valence-corrected chi connectivity index (χ4v) is 2.69. The van der Waals surface area contributed by atoms with Crippen LogP contribution in [-0.2, 0) is 4.74 Å². The van der Waals surface area contributed by atoms with E-state index in [0.717, 1.165) is 24.1 Å². The van der Waals surface area contributed by atoms with Crippen molar-refractivity contribution in [3.05, 3.63) is 34.2 Å². The van der Waals surface area contributed by atoms with Crippen molar-refractivity contribution in [3.63, 3.8) is 0 Å². The first-order chi connectivity index (χ1) is 9.13. The van der Waals surface area contributed by atoms with Gasteiger partial charge in [-0.25, -0.2) is 4.79 Å². The number of hydrogen-bond donors (Lipinski definition) is 3. The van der Waals surface area contributed by atoms with Crippen LogP contribution in [0.4, 0.5) is 0 Å². The molecule has 3 unspecified atom stereocenters. The Balaban J connectivity index is 1.80. The predicted octanol–water partition coefficient (Wildman–Crippen LogP) is 1.68. The van der Waals surface area contributed by atoms with Crippen LogP contribution in [0.25, 0.3) is 11.0 Å². The fraction of sp³-hybridized carbons (Fsp3) is 0.500. The monoisotopic (exact) mass is 261 g/mol. The SMILES string of the molecule is CC(NC1CCOC1C)c1ccc2[nH]c(=O)[nH]c2c1. The van der Waals surface area contributed by atoms with E-state index >= 15 is 0 Å². The highest BCUT2D eigenvalue weighted by molar-refractivity contribution is 5.75. The number of rotatable bonds is 3. The topological polar surface area (TPSA) is 69.9 Å². The number of nitrogens with one attached hydrogen (secondary N) is 3. The summed E-state index contributed by atoms with van der Waals surface area (Å²) in [5.74, 6) is 0. The summed E-state index contributed by atoms with van der Waals surface area (Å²) in [6.45, 7) is 5.07. The summed E-state index contributed by atoms with van der Waals surface area (Å²) < 4.78 is 5.56. The molecule has 1 aliphatic rings. The maximum absolute atomic E-state index is 11.2. The predicted molar refractivity (Wildman–Crippen MR) is 74.3 cm³/mol. The average Bonchev–Trinajstić information content (AvgIpc) is 2.93. The lowest BCUT2D eigenvalue weighted by molar-refractivity contribution is 0.111. The summed E-state index contributed by atoms with van der Waals surface area (Å²) in [7, 11) is 0. The van der Waals surface area contributed by atoms with Crippen molar-refractivity contribution in [2.45, 2.75) is 38.5 Å². The van der Waals surface area contributed by atoms with Crippen LogP contribution >= 0.6 is 0 Å². The van der Waals surface area contributed by atoms with Crippen molar-refractivity contribution in [1.82, 2.24) is 15.3 Å². The van der Waals surface area contributed by atoms with Crippen molar-refractivity contribution in [2.75, 3.05) is 6.61 Å². The van der Waals surface area contributed by atoms with E-state index in [9.17, 15) is 4.79 Å². The zero-order chi connectivity index (χ0) is 13.4. The molecule has 1 aromatic carbocycles. The second kappa shape index (κ2) is 4.83. The average molecular weight is 261 g/mol. The summed E-state index contributed by atoms with van der Waals surface area (Å²) in [5.41, 5.74) is 2.71. The largest absolute Gasteiger partial charge is 0.377 e. The molecule has 1 saturated heterocycles. The molecule has 0 spiro atoms. The zero-order valence-electron chi connectivity index (χ0n) is 11.2. The summed E-state index contributed by atoms with van der Waals surface area (Å²) in [4.78, 5) is 16.8. The Bertz CT molecular complexity index is 631. The molecule has 102 valence electrons. The molecule has 2 heterocycles. The molecule has 0 radical (unpaired) electrons. The number of ether oxygens (including phenoxy) is 1. The standard InChI is InChI=1S/C14H19N3O2/c1-8(15-11-5-6-19-9(11)2)10-3-4-12-13(7-10)17-14(18)16-12/h3-4,7-9,11,15H,5-6H2,1-2H3,(H2,16,17,18). The maximum Gasteiger partial charge on any atom is 0.323 e. The molecule has 5 nitrogen and oxygen atoms in total. The van der Waals surface area contributed by atoms with Crippen molar-refractivity contribution in [3.8, 4) is 0 Å². The maximum atomic E-state index is 11.2. The third-order valence-corrected chi connectivity index (χ3v) is 3.88. The van der Waals surface area contributed by atoms with Gasteiger partial charge in [-0.05, 0) is 38.0 Å².